The molecule has 1 rings (SSSR count). The second kappa shape index (κ2) is 8.10. The molecule has 0 heterocycles. The Balaban J connectivity index is 2.90. The lowest BCUT2D eigenvalue weighted by atomic mass is 9.72. The van der Waals surface area contributed by atoms with Gasteiger partial charge in [-0.1, -0.05) is 46.8 Å². The SMILES string of the molecule is CC(C)N(C)OC(C)(C)C(C)(C)c1ccc(NC(=O)CC(C)(C)C)cc1. The normalized spacial score (nSPS) is 13.4. The smallest absolute Gasteiger partial charge is 0.224 e. The minimum absolute atomic E-state index is 0.0180. The summed E-state index contributed by atoms with van der Waals surface area (Å²) in [5.74, 6) is 0.0479. The molecule has 1 N–H and O–H groups in total. The fourth-order valence-corrected chi connectivity index (χ4v) is 2.58. The molecule has 26 heavy (non-hydrogen) atoms. The van der Waals surface area contributed by atoms with Crippen LogP contribution >= 0.6 is 0 Å². The van der Waals surface area contributed by atoms with Crippen molar-refractivity contribution in [3.63, 3.8) is 0 Å². The average Bonchev–Trinajstić information content (AvgIpc) is 2.44. The first-order valence-electron chi connectivity index (χ1n) is 9.48. The molecule has 1 aromatic carbocycles. The Hall–Kier alpha value is -1.39. The van der Waals surface area contributed by atoms with Crippen molar-refractivity contribution in [3.05, 3.63) is 29.8 Å². The monoisotopic (exact) mass is 362 g/mol. The van der Waals surface area contributed by atoms with Crippen LogP contribution in [0.3, 0.4) is 0 Å². The first-order valence-corrected chi connectivity index (χ1v) is 9.48. The number of hydrogen-bond donors (Lipinski definition) is 1. The fourth-order valence-electron chi connectivity index (χ4n) is 2.58. The molecular formula is C22H38N2O2. The number of rotatable bonds is 7. The molecule has 0 atom stereocenters. The quantitative estimate of drug-likeness (QED) is 0.661. The van der Waals surface area contributed by atoms with Crippen molar-refractivity contribution in [1.29, 1.82) is 0 Å². The summed E-state index contributed by atoms with van der Waals surface area (Å²) in [6.07, 6.45) is 0.503. The number of hydrogen-bond acceptors (Lipinski definition) is 3. The van der Waals surface area contributed by atoms with Crippen molar-refractivity contribution in [2.45, 2.75) is 85.8 Å². The van der Waals surface area contributed by atoms with Gasteiger partial charge in [0.2, 0.25) is 5.91 Å². The maximum absolute atomic E-state index is 12.1. The lowest BCUT2D eigenvalue weighted by Gasteiger charge is -2.44. The number of amides is 1. The van der Waals surface area contributed by atoms with E-state index in [1.807, 2.05) is 24.2 Å². The Morgan fingerprint density at radius 3 is 1.96 bits per heavy atom. The molecule has 0 fully saturated rings. The molecule has 0 saturated heterocycles. The van der Waals surface area contributed by atoms with E-state index < -0.39 is 0 Å². The molecule has 148 valence electrons. The van der Waals surface area contributed by atoms with Crippen LogP contribution in [-0.2, 0) is 15.0 Å². The molecule has 0 aliphatic carbocycles. The fraction of sp³-hybridized carbons (Fsp3) is 0.682. The van der Waals surface area contributed by atoms with Gasteiger partial charge in [-0.25, -0.2) is 0 Å². The highest BCUT2D eigenvalue weighted by Gasteiger charge is 2.41. The van der Waals surface area contributed by atoms with Gasteiger partial charge in [0.05, 0.1) is 5.60 Å². The van der Waals surface area contributed by atoms with Crippen LogP contribution in [-0.4, -0.2) is 29.7 Å². The van der Waals surface area contributed by atoms with Crippen LogP contribution in [0.2, 0.25) is 0 Å². The van der Waals surface area contributed by atoms with Gasteiger partial charge in [-0.15, -0.1) is 0 Å². The van der Waals surface area contributed by atoms with Crippen molar-refractivity contribution >= 4 is 11.6 Å². The Morgan fingerprint density at radius 1 is 1.04 bits per heavy atom. The molecular weight excluding hydrogens is 324 g/mol. The summed E-state index contributed by atoms with van der Waals surface area (Å²) >= 11 is 0. The van der Waals surface area contributed by atoms with Crippen LogP contribution in [0, 0.1) is 5.41 Å². The van der Waals surface area contributed by atoms with Crippen molar-refractivity contribution in [2.24, 2.45) is 5.41 Å². The van der Waals surface area contributed by atoms with Crippen LogP contribution in [0.4, 0.5) is 5.69 Å². The largest absolute Gasteiger partial charge is 0.326 e. The van der Waals surface area contributed by atoms with E-state index in [0.29, 0.717) is 12.5 Å². The first kappa shape index (κ1) is 22.7. The highest BCUT2D eigenvalue weighted by molar-refractivity contribution is 5.91. The van der Waals surface area contributed by atoms with Gasteiger partial charge in [0.25, 0.3) is 0 Å². The summed E-state index contributed by atoms with van der Waals surface area (Å²) < 4.78 is 0. The third kappa shape index (κ3) is 6.10. The summed E-state index contributed by atoms with van der Waals surface area (Å²) in [5, 5.41) is 4.89. The zero-order valence-corrected chi connectivity index (χ0v) is 18.4. The predicted molar refractivity (Wildman–Crippen MR) is 110 cm³/mol. The molecule has 4 nitrogen and oxygen atoms in total. The van der Waals surface area contributed by atoms with Gasteiger partial charge in [0.1, 0.15) is 0 Å². The predicted octanol–water partition coefficient (Wildman–Crippen LogP) is 5.39. The second-order valence-corrected chi connectivity index (χ2v) is 9.73. The topological polar surface area (TPSA) is 41.6 Å². The molecule has 0 radical (unpaired) electrons. The van der Waals surface area contributed by atoms with Gasteiger partial charge in [-0.05, 0) is 50.8 Å². The van der Waals surface area contributed by atoms with Crippen molar-refractivity contribution in [1.82, 2.24) is 5.06 Å². The zero-order chi connectivity index (χ0) is 20.3. The van der Waals surface area contributed by atoms with Crippen LogP contribution in [0.5, 0.6) is 0 Å². The third-order valence-corrected chi connectivity index (χ3v) is 5.19. The van der Waals surface area contributed by atoms with Crippen LogP contribution in [0.1, 0.15) is 74.3 Å². The highest BCUT2D eigenvalue weighted by atomic mass is 16.7. The first-order chi connectivity index (χ1) is 11.7. The number of benzene rings is 1. The molecule has 0 aliphatic rings. The number of nitrogens with zero attached hydrogens (tertiary/aromatic N) is 1. The minimum atomic E-state index is -0.386. The van der Waals surface area contributed by atoms with E-state index in [1.54, 1.807) is 0 Å². The second-order valence-electron chi connectivity index (χ2n) is 9.73. The van der Waals surface area contributed by atoms with E-state index in [0.717, 1.165) is 5.69 Å². The van der Waals surface area contributed by atoms with E-state index >= 15 is 0 Å². The number of anilines is 1. The lowest BCUT2D eigenvalue weighted by Crippen LogP contribution is -2.49. The van der Waals surface area contributed by atoms with Gasteiger partial charge in [0, 0.05) is 30.6 Å². The molecule has 4 heteroatoms. The summed E-state index contributed by atoms with van der Waals surface area (Å²) in [5.41, 5.74) is 1.40. The van der Waals surface area contributed by atoms with Crippen LogP contribution in [0.15, 0.2) is 24.3 Å². The van der Waals surface area contributed by atoms with Gasteiger partial charge in [-0.2, -0.15) is 5.06 Å². The number of carbonyl (C=O) groups is 1. The Kier molecular flexibility index (Phi) is 7.05. The van der Waals surface area contributed by atoms with Crippen molar-refractivity contribution < 1.29 is 9.63 Å². The van der Waals surface area contributed by atoms with Crippen LogP contribution < -0.4 is 5.32 Å². The minimum Gasteiger partial charge on any atom is -0.326 e. The number of carbonyl (C=O) groups excluding carboxylic acids is 1. The Labute approximate surface area is 160 Å². The maximum Gasteiger partial charge on any atom is 0.224 e. The molecule has 0 aliphatic heterocycles. The molecule has 0 unspecified atom stereocenters. The van der Waals surface area contributed by atoms with E-state index in [2.05, 4.69) is 79.8 Å². The summed E-state index contributed by atoms with van der Waals surface area (Å²) in [4.78, 5) is 18.3. The number of nitrogens with one attached hydrogen (secondary N) is 1. The molecule has 0 bridgehead atoms. The van der Waals surface area contributed by atoms with Gasteiger partial charge < -0.3 is 5.32 Å². The Bertz CT molecular complexity index is 596. The standard InChI is InChI=1S/C22H38N2O2/c1-16(2)24(10)26-22(8,9)21(6,7)17-11-13-18(14-12-17)23-19(25)15-20(3,4)5/h11-14,16H,15H2,1-10H3,(H,23,25). The van der Waals surface area contributed by atoms with E-state index in [1.165, 1.54) is 5.56 Å². The molecule has 0 saturated carbocycles. The highest BCUT2D eigenvalue weighted by Crippen LogP contribution is 2.38. The molecule has 0 spiro atoms. The number of hydroxylamine groups is 2. The summed E-state index contributed by atoms with van der Waals surface area (Å²) in [6.45, 7) is 19.0. The maximum atomic E-state index is 12.1. The Morgan fingerprint density at radius 2 is 1.54 bits per heavy atom. The molecule has 0 aromatic heterocycles. The molecule has 1 amide bonds. The summed E-state index contributed by atoms with van der Waals surface area (Å²) in [6, 6.07) is 8.41. The van der Waals surface area contributed by atoms with Gasteiger partial charge in [0.15, 0.2) is 0 Å². The van der Waals surface area contributed by atoms with Crippen LogP contribution in [0.25, 0.3) is 0 Å². The molecule has 1 aromatic rings. The van der Waals surface area contributed by atoms with Gasteiger partial charge >= 0.3 is 0 Å². The van der Waals surface area contributed by atoms with E-state index in [-0.39, 0.29) is 22.3 Å². The average molecular weight is 363 g/mol. The zero-order valence-electron chi connectivity index (χ0n) is 18.4. The van der Waals surface area contributed by atoms with Crippen molar-refractivity contribution in [2.75, 3.05) is 12.4 Å². The van der Waals surface area contributed by atoms with E-state index in [4.69, 9.17) is 4.84 Å². The van der Waals surface area contributed by atoms with E-state index in [9.17, 15) is 4.79 Å². The lowest BCUT2D eigenvalue weighted by molar-refractivity contribution is -0.255. The van der Waals surface area contributed by atoms with Crippen molar-refractivity contribution in [3.8, 4) is 0 Å². The third-order valence-electron chi connectivity index (χ3n) is 5.19. The van der Waals surface area contributed by atoms with Gasteiger partial charge in [-0.3, -0.25) is 9.63 Å². The summed E-state index contributed by atoms with van der Waals surface area (Å²) in [7, 11) is 1.97.